The summed E-state index contributed by atoms with van der Waals surface area (Å²) in [5, 5.41) is 7.83. The van der Waals surface area contributed by atoms with Gasteiger partial charge in [-0.1, -0.05) is 17.3 Å². The zero-order chi connectivity index (χ0) is 19.7. The Morgan fingerprint density at radius 1 is 1.26 bits per heavy atom. The number of carbonyl (C=O) groups excluding carboxylic acids is 2. The van der Waals surface area contributed by atoms with Crippen molar-refractivity contribution in [2.24, 2.45) is 7.05 Å². The van der Waals surface area contributed by atoms with Gasteiger partial charge in [0.2, 0.25) is 5.82 Å². The Labute approximate surface area is 153 Å². The van der Waals surface area contributed by atoms with Crippen molar-refractivity contribution in [3.8, 4) is 11.4 Å². The van der Waals surface area contributed by atoms with Crippen LogP contribution in [0.2, 0.25) is 0 Å². The molecule has 0 atom stereocenters. The lowest BCUT2D eigenvalue weighted by atomic mass is 10.1. The molecule has 1 aromatic carbocycles. The fraction of sp³-hybridized carbons (Fsp3) is 0.278. The molecule has 3 aromatic rings. The number of rotatable bonds is 5. The van der Waals surface area contributed by atoms with Crippen LogP contribution in [0.25, 0.3) is 11.4 Å². The van der Waals surface area contributed by atoms with E-state index >= 15 is 0 Å². The number of ether oxygens (including phenoxy) is 1. The third-order valence-electron chi connectivity index (χ3n) is 4.15. The molecule has 0 N–H and O–H groups in total. The van der Waals surface area contributed by atoms with E-state index in [-0.39, 0.29) is 23.9 Å². The molecule has 0 saturated heterocycles. The number of hydrogen-bond acceptors (Lipinski definition) is 7. The molecule has 0 aliphatic rings. The number of aryl methyl sites for hydroxylation is 3. The van der Waals surface area contributed by atoms with Gasteiger partial charge in [0, 0.05) is 18.3 Å². The second-order valence-electron chi connectivity index (χ2n) is 6.05. The maximum Gasteiger partial charge on any atom is 0.380 e. The van der Waals surface area contributed by atoms with Crippen LogP contribution in [-0.2, 0) is 23.2 Å². The molecular weight excluding hydrogens is 355 g/mol. The zero-order valence-electron chi connectivity index (χ0n) is 15.2. The third-order valence-corrected chi connectivity index (χ3v) is 4.15. The summed E-state index contributed by atoms with van der Waals surface area (Å²) in [4.78, 5) is 28.4. The third kappa shape index (κ3) is 3.62. The van der Waals surface area contributed by atoms with E-state index < -0.39 is 17.6 Å². The Balaban J connectivity index is 1.68. The molecule has 0 spiro atoms. The number of esters is 1. The molecule has 0 fully saturated rings. The van der Waals surface area contributed by atoms with E-state index in [9.17, 15) is 14.0 Å². The van der Waals surface area contributed by atoms with Crippen molar-refractivity contribution in [3.63, 3.8) is 0 Å². The minimum Gasteiger partial charge on any atom is -0.450 e. The minimum absolute atomic E-state index is 0.00763. The Bertz CT molecular complexity index is 1040. The summed E-state index contributed by atoms with van der Waals surface area (Å²) in [6.45, 7) is 4.59. The molecule has 0 amide bonds. The van der Waals surface area contributed by atoms with E-state index in [1.54, 1.807) is 40.0 Å². The van der Waals surface area contributed by atoms with Gasteiger partial charge in [0.15, 0.2) is 6.61 Å². The van der Waals surface area contributed by atoms with Crippen molar-refractivity contribution < 1.29 is 23.2 Å². The van der Waals surface area contributed by atoms with Gasteiger partial charge in [0.05, 0.1) is 11.3 Å². The van der Waals surface area contributed by atoms with E-state index in [2.05, 4.69) is 15.2 Å². The molecule has 0 unspecified atom stereocenters. The van der Waals surface area contributed by atoms with E-state index in [1.807, 2.05) is 0 Å². The zero-order valence-corrected chi connectivity index (χ0v) is 15.2. The Morgan fingerprint density at radius 2 is 2.00 bits per heavy atom. The maximum absolute atomic E-state index is 13.6. The Morgan fingerprint density at radius 3 is 2.63 bits per heavy atom. The summed E-state index contributed by atoms with van der Waals surface area (Å²) in [6, 6.07) is 4.53. The number of benzene rings is 1. The Hall–Kier alpha value is -3.36. The van der Waals surface area contributed by atoms with Crippen molar-refractivity contribution in [2.45, 2.75) is 27.4 Å². The summed E-state index contributed by atoms with van der Waals surface area (Å²) >= 11 is 0. The van der Waals surface area contributed by atoms with Crippen molar-refractivity contribution in [1.82, 2.24) is 19.9 Å². The van der Waals surface area contributed by atoms with E-state index in [1.165, 1.54) is 10.7 Å². The highest BCUT2D eigenvalue weighted by molar-refractivity contribution is 6.41. The first-order valence-corrected chi connectivity index (χ1v) is 8.08. The lowest BCUT2D eigenvalue weighted by Crippen LogP contribution is -2.19. The summed E-state index contributed by atoms with van der Waals surface area (Å²) < 4.78 is 25.1. The van der Waals surface area contributed by atoms with Crippen LogP contribution in [0.15, 0.2) is 22.7 Å². The van der Waals surface area contributed by atoms with Gasteiger partial charge in [-0.15, -0.1) is 0 Å². The minimum atomic E-state index is -1.05. The second kappa shape index (κ2) is 7.10. The van der Waals surface area contributed by atoms with Crippen LogP contribution in [0.5, 0.6) is 0 Å². The number of aromatic nitrogens is 4. The molecule has 8 nitrogen and oxygen atoms in total. The lowest BCUT2D eigenvalue weighted by Gasteiger charge is -2.02. The van der Waals surface area contributed by atoms with Crippen LogP contribution in [0.3, 0.4) is 0 Å². The smallest absolute Gasteiger partial charge is 0.380 e. The van der Waals surface area contributed by atoms with Crippen LogP contribution in [0.4, 0.5) is 4.39 Å². The summed E-state index contributed by atoms with van der Waals surface area (Å²) in [5.41, 5.74) is 2.14. The fourth-order valence-electron chi connectivity index (χ4n) is 2.56. The molecule has 3 rings (SSSR count). The van der Waals surface area contributed by atoms with Crippen molar-refractivity contribution in [2.75, 3.05) is 0 Å². The quantitative estimate of drug-likeness (QED) is 0.385. The highest BCUT2D eigenvalue weighted by atomic mass is 19.1. The topological polar surface area (TPSA) is 100 Å². The average molecular weight is 372 g/mol. The molecule has 0 saturated carbocycles. The van der Waals surface area contributed by atoms with Gasteiger partial charge < -0.3 is 9.26 Å². The summed E-state index contributed by atoms with van der Waals surface area (Å²) in [7, 11) is 1.68. The molecular formula is C18H17FN4O4. The van der Waals surface area contributed by atoms with Gasteiger partial charge >= 0.3 is 5.97 Å². The number of halogens is 1. The van der Waals surface area contributed by atoms with Crippen LogP contribution >= 0.6 is 0 Å². The highest BCUT2D eigenvalue weighted by Gasteiger charge is 2.26. The lowest BCUT2D eigenvalue weighted by molar-refractivity contribution is -0.140. The molecule has 27 heavy (non-hydrogen) atoms. The summed E-state index contributed by atoms with van der Waals surface area (Å²) in [6.07, 6.45) is 0. The number of hydrogen-bond donors (Lipinski definition) is 0. The first-order chi connectivity index (χ1) is 12.8. The SMILES string of the molecule is Cc1ccc(-c2noc(COC(=O)C(=O)c3c(C)nn(C)c3C)n2)cc1F. The number of Topliss-reactive ketones (excluding diaryl/α,β-unsaturated/α-hetero) is 1. The van der Waals surface area contributed by atoms with Gasteiger partial charge in [-0.3, -0.25) is 9.48 Å². The first kappa shape index (κ1) is 18.4. The first-order valence-electron chi connectivity index (χ1n) is 8.08. The molecule has 0 radical (unpaired) electrons. The molecule has 2 aromatic heterocycles. The predicted octanol–water partition coefficient (Wildman–Crippen LogP) is 2.46. The molecule has 140 valence electrons. The number of nitrogens with zero attached hydrogens (tertiary/aromatic N) is 4. The van der Waals surface area contributed by atoms with Crippen molar-refractivity contribution in [1.29, 1.82) is 0 Å². The molecule has 9 heteroatoms. The largest absolute Gasteiger partial charge is 0.450 e. The fourth-order valence-corrected chi connectivity index (χ4v) is 2.56. The van der Waals surface area contributed by atoms with Gasteiger partial charge in [-0.25, -0.2) is 9.18 Å². The van der Waals surface area contributed by atoms with Crippen molar-refractivity contribution in [3.05, 3.63) is 52.4 Å². The number of carbonyl (C=O) groups is 2. The van der Waals surface area contributed by atoms with Crippen molar-refractivity contribution >= 4 is 11.8 Å². The van der Waals surface area contributed by atoms with E-state index in [0.717, 1.165) is 0 Å². The van der Waals surface area contributed by atoms with Crippen LogP contribution in [0.1, 0.15) is 33.2 Å². The predicted molar refractivity (Wildman–Crippen MR) is 91.2 cm³/mol. The molecule has 0 aliphatic carbocycles. The average Bonchev–Trinajstić information content (AvgIpc) is 3.19. The van der Waals surface area contributed by atoms with Gasteiger partial charge in [0.25, 0.3) is 11.7 Å². The monoisotopic (exact) mass is 372 g/mol. The Kier molecular flexibility index (Phi) is 4.85. The van der Waals surface area contributed by atoms with Crippen LogP contribution in [-0.4, -0.2) is 31.7 Å². The van der Waals surface area contributed by atoms with Crippen LogP contribution < -0.4 is 0 Å². The van der Waals surface area contributed by atoms with Gasteiger partial charge in [-0.05, 0) is 32.4 Å². The van der Waals surface area contributed by atoms with Gasteiger partial charge in [0.1, 0.15) is 5.82 Å². The summed E-state index contributed by atoms with van der Waals surface area (Å²) in [5.74, 6) is -2.08. The van der Waals surface area contributed by atoms with E-state index in [4.69, 9.17) is 9.26 Å². The second-order valence-corrected chi connectivity index (χ2v) is 6.05. The molecule has 0 aliphatic heterocycles. The molecule has 2 heterocycles. The highest BCUT2D eigenvalue weighted by Crippen LogP contribution is 2.19. The standard InChI is InChI=1S/C18H17FN4O4/c1-9-5-6-12(7-13(9)19)17-20-14(27-22-17)8-26-18(25)16(24)15-10(2)21-23(4)11(15)3/h5-7H,8H2,1-4H3. The van der Waals surface area contributed by atoms with Gasteiger partial charge in [-0.2, -0.15) is 10.1 Å². The van der Waals surface area contributed by atoms with E-state index in [0.29, 0.717) is 22.5 Å². The normalized spacial score (nSPS) is 10.9. The number of ketones is 1. The molecule has 0 bridgehead atoms. The van der Waals surface area contributed by atoms with Crippen LogP contribution in [0, 0.1) is 26.6 Å². The maximum atomic E-state index is 13.6.